The maximum Gasteiger partial charge on any atom is 0.239 e. The lowest BCUT2D eigenvalue weighted by atomic mass is 9.99. The molecule has 2 N–H and O–H groups in total. The summed E-state index contributed by atoms with van der Waals surface area (Å²) in [6.07, 6.45) is 0.846. The third-order valence-corrected chi connectivity index (χ3v) is 4.81. The van der Waals surface area contributed by atoms with E-state index < -0.39 is 15.9 Å². The predicted molar refractivity (Wildman–Crippen MR) is 62.7 cm³/mol. The van der Waals surface area contributed by atoms with E-state index >= 15 is 0 Å². The van der Waals surface area contributed by atoms with E-state index in [1.54, 1.807) is 4.90 Å². The smallest absolute Gasteiger partial charge is 0.239 e. The zero-order valence-corrected chi connectivity index (χ0v) is 10.7. The van der Waals surface area contributed by atoms with E-state index in [0.717, 1.165) is 6.42 Å². The molecular weight excluding hydrogens is 228 g/mol. The number of sulfone groups is 1. The standard InChI is InChI=1S/C10H20N2O3S/c1-3-8(2)9(11)10(13)12-4-6-16(14,15)7-5-12/h8-9H,3-7,11H2,1-2H3/t8?,9-/m0/s1. The highest BCUT2D eigenvalue weighted by Crippen LogP contribution is 2.11. The van der Waals surface area contributed by atoms with Crippen LogP contribution in [0.15, 0.2) is 0 Å². The number of amides is 1. The molecule has 0 aliphatic carbocycles. The Morgan fingerprint density at radius 3 is 2.31 bits per heavy atom. The molecule has 1 heterocycles. The third kappa shape index (κ3) is 3.18. The Kier molecular flexibility index (Phi) is 4.32. The third-order valence-electron chi connectivity index (χ3n) is 3.20. The van der Waals surface area contributed by atoms with Gasteiger partial charge in [-0.3, -0.25) is 4.79 Å². The normalized spacial score (nSPS) is 23.8. The molecule has 16 heavy (non-hydrogen) atoms. The van der Waals surface area contributed by atoms with E-state index in [4.69, 9.17) is 5.73 Å². The van der Waals surface area contributed by atoms with Crippen molar-refractivity contribution in [3.63, 3.8) is 0 Å². The van der Waals surface area contributed by atoms with Crippen LogP contribution in [0.1, 0.15) is 20.3 Å². The van der Waals surface area contributed by atoms with Crippen LogP contribution in [0.5, 0.6) is 0 Å². The summed E-state index contributed by atoms with van der Waals surface area (Å²) >= 11 is 0. The Morgan fingerprint density at radius 2 is 1.88 bits per heavy atom. The maximum atomic E-state index is 11.9. The highest BCUT2D eigenvalue weighted by Gasteiger charge is 2.29. The summed E-state index contributed by atoms with van der Waals surface area (Å²) in [5, 5.41) is 0. The number of carbonyl (C=O) groups is 1. The lowest BCUT2D eigenvalue weighted by Crippen LogP contribution is -2.52. The van der Waals surface area contributed by atoms with Gasteiger partial charge in [-0.1, -0.05) is 20.3 Å². The van der Waals surface area contributed by atoms with E-state index in [9.17, 15) is 13.2 Å². The summed E-state index contributed by atoms with van der Waals surface area (Å²) in [6, 6.07) is -0.509. The van der Waals surface area contributed by atoms with Crippen molar-refractivity contribution in [2.75, 3.05) is 24.6 Å². The van der Waals surface area contributed by atoms with Gasteiger partial charge < -0.3 is 10.6 Å². The van der Waals surface area contributed by atoms with Crippen LogP contribution >= 0.6 is 0 Å². The fraction of sp³-hybridized carbons (Fsp3) is 0.900. The maximum absolute atomic E-state index is 11.9. The Bertz CT molecular complexity index is 339. The van der Waals surface area contributed by atoms with Gasteiger partial charge >= 0.3 is 0 Å². The van der Waals surface area contributed by atoms with E-state index in [-0.39, 0.29) is 36.4 Å². The van der Waals surface area contributed by atoms with Crippen molar-refractivity contribution in [3.05, 3.63) is 0 Å². The molecule has 1 rings (SSSR count). The van der Waals surface area contributed by atoms with Crippen LogP contribution in [0.3, 0.4) is 0 Å². The highest BCUT2D eigenvalue weighted by atomic mass is 32.2. The van der Waals surface area contributed by atoms with E-state index in [1.165, 1.54) is 0 Å². The van der Waals surface area contributed by atoms with Crippen LogP contribution < -0.4 is 5.73 Å². The Balaban J connectivity index is 2.57. The Morgan fingerprint density at radius 1 is 1.38 bits per heavy atom. The largest absolute Gasteiger partial charge is 0.339 e. The van der Waals surface area contributed by atoms with Gasteiger partial charge in [-0.05, 0) is 5.92 Å². The lowest BCUT2D eigenvalue weighted by Gasteiger charge is -2.30. The highest BCUT2D eigenvalue weighted by molar-refractivity contribution is 7.91. The van der Waals surface area contributed by atoms with Crippen LogP contribution in [0.2, 0.25) is 0 Å². The molecule has 0 saturated carbocycles. The van der Waals surface area contributed by atoms with Crippen molar-refractivity contribution in [2.24, 2.45) is 11.7 Å². The molecule has 1 aliphatic rings. The molecule has 1 unspecified atom stereocenters. The first-order valence-electron chi connectivity index (χ1n) is 5.62. The molecule has 0 spiro atoms. The molecule has 2 atom stereocenters. The second-order valence-electron chi connectivity index (χ2n) is 4.39. The molecule has 94 valence electrons. The molecule has 0 bridgehead atoms. The van der Waals surface area contributed by atoms with Gasteiger partial charge in [0.15, 0.2) is 9.84 Å². The molecule has 0 aromatic carbocycles. The molecule has 0 aromatic heterocycles. The molecule has 1 aliphatic heterocycles. The van der Waals surface area contributed by atoms with Gasteiger partial charge in [-0.15, -0.1) is 0 Å². The molecule has 1 amide bonds. The number of hydrogen-bond donors (Lipinski definition) is 1. The van der Waals surface area contributed by atoms with Crippen molar-refractivity contribution in [2.45, 2.75) is 26.3 Å². The van der Waals surface area contributed by atoms with E-state index in [2.05, 4.69) is 0 Å². The minimum atomic E-state index is -2.94. The molecule has 0 radical (unpaired) electrons. The van der Waals surface area contributed by atoms with Gasteiger partial charge in [-0.2, -0.15) is 0 Å². The first-order valence-corrected chi connectivity index (χ1v) is 7.44. The van der Waals surface area contributed by atoms with Crippen molar-refractivity contribution in [1.82, 2.24) is 4.90 Å². The summed E-state index contributed by atoms with van der Waals surface area (Å²) < 4.78 is 22.4. The quantitative estimate of drug-likeness (QED) is 0.738. The zero-order valence-electron chi connectivity index (χ0n) is 9.85. The van der Waals surface area contributed by atoms with Crippen LogP contribution in [0.4, 0.5) is 0 Å². The van der Waals surface area contributed by atoms with Gasteiger partial charge in [0.2, 0.25) is 5.91 Å². The minimum absolute atomic E-state index is 0.0615. The van der Waals surface area contributed by atoms with E-state index in [0.29, 0.717) is 0 Å². The van der Waals surface area contributed by atoms with Crippen LogP contribution in [0.25, 0.3) is 0 Å². The average molecular weight is 248 g/mol. The fourth-order valence-electron chi connectivity index (χ4n) is 1.64. The molecule has 5 nitrogen and oxygen atoms in total. The lowest BCUT2D eigenvalue weighted by molar-refractivity contribution is -0.133. The number of hydrogen-bond acceptors (Lipinski definition) is 4. The Hall–Kier alpha value is -0.620. The molecular formula is C10H20N2O3S. The summed E-state index contributed by atoms with van der Waals surface area (Å²) in [5.74, 6) is 0.132. The number of rotatable bonds is 3. The average Bonchev–Trinajstić information content (AvgIpc) is 2.26. The van der Waals surface area contributed by atoms with Crippen molar-refractivity contribution in [3.8, 4) is 0 Å². The van der Waals surface area contributed by atoms with Crippen molar-refractivity contribution < 1.29 is 13.2 Å². The van der Waals surface area contributed by atoms with Gasteiger partial charge in [0.05, 0.1) is 17.5 Å². The van der Waals surface area contributed by atoms with Crippen LogP contribution in [0, 0.1) is 5.92 Å². The second-order valence-corrected chi connectivity index (χ2v) is 6.69. The molecule has 0 aromatic rings. The first kappa shape index (κ1) is 13.4. The van der Waals surface area contributed by atoms with Gasteiger partial charge in [0, 0.05) is 13.1 Å². The summed E-state index contributed by atoms with van der Waals surface area (Å²) in [6.45, 7) is 4.48. The second kappa shape index (κ2) is 5.14. The Labute approximate surface area is 96.9 Å². The summed E-state index contributed by atoms with van der Waals surface area (Å²) in [7, 11) is -2.94. The molecule has 6 heteroatoms. The van der Waals surface area contributed by atoms with E-state index in [1.807, 2.05) is 13.8 Å². The molecule has 1 fully saturated rings. The summed E-state index contributed by atoms with van der Waals surface area (Å²) in [4.78, 5) is 13.5. The minimum Gasteiger partial charge on any atom is -0.339 e. The van der Waals surface area contributed by atoms with Crippen molar-refractivity contribution >= 4 is 15.7 Å². The first-order chi connectivity index (χ1) is 7.37. The van der Waals surface area contributed by atoms with Gasteiger partial charge in [0.25, 0.3) is 0 Å². The van der Waals surface area contributed by atoms with Crippen LogP contribution in [-0.2, 0) is 14.6 Å². The topological polar surface area (TPSA) is 80.5 Å². The van der Waals surface area contributed by atoms with Gasteiger partial charge in [-0.25, -0.2) is 8.42 Å². The summed E-state index contributed by atoms with van der Waals surface area (Å²) in [5.41, 5.74) is 5.83. The monoisotopic (exact) mass is 248 g/mol. The number of carbonyl (C=O) groups excluding carboxylic acids is 1. The number of nitrogens with zero attached hydrogens (tertiary/aromatic N) is 1. The van der Waals surface area contributed by atoms with Crippen LogP contribution in [-0.4, -0.2) is 49.9 Å². The number of nitrogens with two attached hydrogens (primary N) is 1. The zero-order chi connectivity index (χ0) is 12.3. The van der Waals surface area contributed by atoms with Gasteiger partial charge in [0.1, 0.15) is 0 Å². The molecule has 1 saturated heterocycles. The predicted octanol–water partition coefficient (Wildman–Crippen LogP) is -0.383. The fourth-order valence-corrected chi connectivity index (χ4v) is 2.84. The SMILES string of the molecule is CCC(C)[C@H](N)C(=O)N1CCS(=O)(=O)CC1. The van der Waals surface area contributed by atoms with Crippen molar-refractivity contribution in [1.29, 1.82) is 0 Å².